The van der Waals surface area contributed by atoms with Gasteiger partial charge in [-0.05, 0) is 28.7 Å². The lowest BCUT2D eigenvalue weighted by Gasteiger charge is -2.21. The molecule has 94 valence electrons. The van der Waals surface area contributed by atoms with Crippen LogP contribution in [-0.4, -0.2) is 0 Å². The monoisotopic (exact) mass is 264 g/mol. The molecule has 1 atom stereocenters. The van der Waals surface area contributed by atoms with Crippen LogP contribution >= 0.6 is 7.53 Å². The summed E-state index contributed by atoms with van der Waals surface area (Å²) in [4.78, 5) is 0. The quantitative estimate of drug-likeness (QED) is 0.490. The molecule has 0 bridgehead atoms. The Kier molecular flexibility index (Phi) is 2.10. The third-order valence-electron chi connectivity index (χ3n) is 4.59. The minimum absolute atomic E-state index is 0.148. The molecule has 4 rings (SSSR count). The molecular formula is C18H17P. The van der Waals surface area contributed by atoms with Crippen molar-refractivity contribution in [3.8, 4) is 10.9 Å². The maximum atomic E-state index is 2.41. The van der Waals surface area contributed by atoms with Gasteiger partial charge in [-0.3, -0.25) is 0 Å². The number of benzene rings is 2. The van der Waals surface area contributed by atoms with Crippen molar-refractivity contribution in [2.24, 2.45) is 6.66 Å². The zero-order chi connectivity index (χ0) is 13.2. The van der Waals surface area contributed by atoms with E-state index in [9.17, 15) is 0 Å². The Morgan fingerprint density at radius 3 is 2.42 bits per heavy atom. The first-order valence-electron chi connectivity index (χ1n) is 6.80. The van der Waals surface area contributed by atoms with Gasteiger partial charge in [0.05, 0.1) is 0 Å². The minimum Gasteiger partial charge on any atom is -0.112 e. The lowest BCUT2D eigenvalue weighted by molar-refractivity contribution is 0.667. The van der Waals surface area contributed by atoms with Gasteiger partial charge in [0.25, 0.3) is 0 Å². The van der Waals surface area contributed by atoms with E-state index in [0.29, 0.717) is 0 Å². The van der Waals surface area contributed by atoms with Crippen LogP contribution in [0.1, 0.15) is 25.0 Å². The van der Waals surface area contributed by atoms with Crippen molar-refractivity contribution in [1.29, 1.82) is 0 Å². The molecule has 1 aliphatic rings. The van der Waals surface area contributed by atoms with Gasteiger partial charge in [-0.25, -0.2) is 0 Å². The molecule has 0 amide bonds. The van der Waals surface area contributed by atoms with Crippen molar-refractivity contribution < 1.29 is 0 Å². The molecule has 0 radical (unpaired) electrons. The number of fused-ring (bicyclic) bond motifs is 5. The highest BCUT2D eigenvalue weighted by Gasteiger charge is 2.38. The van der Waals surface area contributed by atoms with Crippen LogP contribution in [0.25, 0.3) is 21.4 Å². The fourth-order valence-corrected chi connectivity index (χ4v) is 6.10. The highest BCUT2D eigenvalue weighted by Crippen LogP contribution is 2.61. The van der Waals surface area contributed by atoms with Crippen molar-refractivity contribution in [3.05, 3.63) is 59.7 Å². The van der Waals surface area contributed by atoms with E-state index in [-0.39, 0.29) is 12.9 Å². The SMILES string of the molecule is Cp1c2c(c3ccccc31)C(C)(C)c1ccccc1-2. The van der Waals surface area contributed by atoms with Gasteiger partial charge >= 0.3 is 0 Å². The molecule has 1 heterocycles. The molecule has 0 saturated heterocycles. The molecule has 1 aliphatic carbocycles. The number of hydrogen-bond donors (Lipinski definition) is 0. The zero-order valence-corrected chi connectivity index (χ0v) is 12.5. The van der Waals surface area contributed by atoms with E-state index in [4.69, 9.17) is 0 Å². The van der Waals surface area contributed by atoms with Gasteiger partial charge in [-0.15, -0.1) is 7.53 Å². The summed E-state index contributed by atoms with van der Waals surface area (Å²) in [7, 11) is -0.187. The van der Waals surface area contributed by atoms with Crippen LogP contribution in [0.5, 0.6) is 0 Å². The van der Waals surface area contributed by atoms with E-state index < -0.39 is 0 Å². The Hall–Kier alpha value is -1.52. The summed E-state index contributed by atoms with van der Waals surface area (Å²) in [6.07, 6.45) is 0. The first-order valence-corrected chi connectivity index (χ1v) is 8.59. The maximum absolute atomic E-state index is 2.41. The summed E-state index contributed by atoms with van der Waals surface area (Å²) < 4.78 is 0. The Bertz CT molecular complexity index is 806. The van der Waals surface area contributed by atoms with Gasteiger partial charge in [-0.2, -0.15) is 0 Å². The summed E-state index contributed by atoms with van der Waals surface area (Å²) in [6, 6.07) is 17.9. The Morgan fingerprint density at radius 2 is 1.58 bits per heavy atom. The van der Waals surface area contributed by atoms with Gasteiger partial charge in [0.2, 0.25) is 0 Å². The molecule has 0 aliphatic heterocycles. The smallest absolute Gasteiger partial charge is 0.0168 e. The van der Waals surface area contributed by atoms with E-state index in [1.807, 2.05) is 0 Å². The Balaban J connectivity index is 2.25. The van der Waals surface area contributed by atoms with Crippen LogP contribution in [0, 0.1) is 0 Å². The van der Waals surface area contributed by atoms with E-state index in [1.165, 1.54) is 16.5 Å². The summed E-state index contributed by atoms with van der Waals surface area (Å²) >= 11 is 0. The molecule has 1 heteroatoms. The van der Waals surface area contributed by atoms with Gasteiger partial charge < -0.3 is 0 Å². The first kappa shape index (κ1) is 11.3. The third kappa shape index (κ3) is 1.25. The predicted octanol–water partition coefficient (Wildman–Crippen LogP) is 5.67. The normalized spacial score (nSPS) is 16.5. The third-order valence-corrected chi connectivity index (χ3v) is 6.84. The summed E-state index contributed by atoms with van der Waals surface area (Å²) in [5, 5.41) is 4.68. The summed E-state index contributed by atoms with van der Waals surface area (Å²) in [6.45, 7) is 7.16. The van der Waals surface area contributed by atoms with Gasteiger partial charge in [-0.1, -0.05) is 62.4 Å². The van der Waals surface area contributed by atoms with Crippen LogP contribution in [0.4, 0.5) is 0 Å². The molecule has 0 nitrogen and oxygen atoms in total. The maximum Gasteiger partial charge on any atom is 0.0168 e. The second-order valence-corrected chi connectivity index (χ2v) is 8.02. The predicted molar refractivity (Wildman–Crippen MR) is 85.2 cm³/mol. The van der Waals surface area contributed by atoms with Crippen LogP contribution < -0.4 is 0 Å². The van der Waals surface area contributed by atoms with E-state index in [1.54, 1.807) is 16.0 Å². The lowest BCUT2D eigenvalue weighted by atomic mass is 9.81. The number of hydrogen-bond acceptors (Lipinski definition) is 0. The average molecular weight is 264 g/mol. The molecular weight excluding hydrogens is 247 g/mol. The van der Waals surface area contributed by atoms with Crippen LogP contribution in [0.15, 0.2) is 48.5 Å². The van der Waals surface area contributed by atoms with E-state index in [0.717, 1.165) is 0 Å². The molecule has 0 N–H and O–H groups in total. The van der Waals surface area contributed by atoms with E-state index >= 15 is 0 Å². The van der Waals surface area contributed by atoms with Crippen LogP contribution in [0.2, 0.25) is 0 Å². The standard InChI is InChI=1S/C18H17P/c1-18(2)14-10-6-4-8-12(14)17-16(18)13-9-5-7-11-15(13)19(17)3/h4-11H,1-3H3. The topological polar surface area (TPSA) is 0 Å². The number of rotatable bonds is 0. The highest BCUT2D eigenvalue weighted by molar-refractivity contribution is 7.57. The lowest BCUT2D eigenvalue weighted by Crippen LogP contribution is -2.14. The van der Waals surface area contributed by atoms with Crippen molar-refractivity contribution in [2.75, 3.05) is 0 Å². The Morgan fingerprint density at radius 1 is 0.895 bits per heavy atom. The van der Waals surface area contributed by atoms with Gasteiger partial charge in [0.15, 0.2) is 0 Å². The van der Waals surface area contributed by atoms with Crippen molar-refractivity contribution >= 4 is 18.0 Å². The summed E-state index contributed by atoms with van der Waals surface area (Å²) in [5.74, 6) is 0. The van der Waals surface area contributed by atoms with Crippen LogP contribution in [0.3, 0.4) is 0 Å². The molecule has 3 aromatic rings. The molecule has 19 heavy (non-hydrogen) atoms. The second-order valence-electron chi connectivity index (χ2n) is 5.97. The molecule has 0 spiro atoms. The van der Waals surface area contributed by atoms with Crippen molar-refractivity contribution in [1.82, 2.24) is 0 Å². The Labute approximate surface area is 115 Å². The molecule has 1 aromatic heterocycles. The van der Waals surface area contributed by atoms with Gasteiger partial charge in [0.1, 0.15) is 0 Å². The van der Waals surface area contributed by atoms with Crippen LogP contribution in [-0.2, 0) is 12.1 Å². The van der Waals surface area contributed by atoms with E-state index in [2.05, 4.69) is 69.0 Å². The first-order chi connectivity index (χ1) is 9.12. The largest absolute Gasteiger partial charge is 0.112 e. The zero-order valence-electron chi connectivity index (χ0n) is 11.6. The van der Waals surface area contributed by atoms with Crippen molar-refractivity contribution in [2.45, 2.75) is 19.3 Å². The molecule has 2 aromatic carbocycles. The average Bonchev–Trinajstić information content (AvgIpc) is 2.85. The molecule has 1 unspecified atom stereocenters. The number of aryl methyl sites for hydroxylation is 1. The fraction of sp³-hybridized carbons (Fsp3) is 0.222. The molecule has 0 fully saturated rings. The fourth-order valence-electron chi connectivity index (χ4n) is 3.71. The van der Waals surface area contributed by atoms with Gasteiger partial charge in [0, 0.05) is 15.8 Å². The minimum atomic E-state index is -0.187. The van der Waals surface area contributed by atoms with Crippen molar-refractivity contribution in [3.63, 3.8) is 0 Å². The summed E-state index contributed by atoms with van der Waals surface area (Å²) in [5.41, 5.74) is 4.73. The second kappa shape index (κ2) is 3.52. The highest BCUT2D eigenvalue weighted by atomic mass is 31.1. The molecule has 0 saturated carbocycles.